The molecule has 0 unspecified atom stereocenters. The van der Waals surface area contributed by atoms with Gasteiger partial charge in [0, 0.05) is 68.9 Å². The van der Waals surface area contributed by atoms with Gasteiger partial charge in [0.05, 0.1) is 11.1 Å². The van der Waals surface area contributed by atoms with Gasteiger partial charge in [0.1, 0.15) is 0 Å². The van der Waals surface area contributed by atoms with Crippen molar-refractivity contribution in [3.8, 4) is 84.4 Å². The smallest absolute Gasteiger partial charge is 0.0718 e. The van der Waals surface area contributed by atoms with Gasteiger partial charge in [-0.3, -0.25) is 0 Å². The lowest BCUT2D eigenvalue weighted by molar-refractivity contribution is 0.456. The van der Waals surface area contributed by atoms with E-state index in [2.05, 4.69) is 113 Å². The van der Waals surface area contributed by atoms with E-state index >= 15 is 0 Å². The molecule has 0 amide bonds. The minimum atomic E-state index is -0.431. The summed E-state index contributed by atoms with van der Waals surface area (Å²) < 4.78 is 0. The maximum absolute atomic E-state index is 5.72. The molecule has 0 atom stereocenters. The Morgan fingerprint density at radius 1 is 0.403 bits per heavy atom. The van der Waals surface area contributed by atoms with E-state index in [1.54, 1.807) is 20.8 Å². The van der Waals surface area contributed by atoms with Crippen LogP contribution < -0.4 is 51.6 Å². The highest BCUT2D eigenvalue weighted by Gasteiger charge is 2.10. The summed E-state index contributed by atoms with van der Waals surface area (Å²) >= 11 is 0. The number of rotatable bonds is 9. The minimum absolute atomic E-state index is 0. The van der Waals surface area contributed by atoms with Crippen molar-refractivity contribution >= 4 is 0 Å². The van der Waals surface area contributed by atoms with Gasteiger partial charge >= 0.3 is 0 Å². The second-order valence-electron chi connectivity index (χ2n) is 27.1. The molecule has 0 aliphatic carbocycles. The fourth-order valence-electron chi connectivity index (χ4n) is 3.08. The summed E-state index contributed by atoms with van der Waals surface area (Å²) in [5.41, 5.74) is 48.8. The van der Waals surface area contributed by atoms with E-state index in [0.29, 0.717) is 6.42 Å². The Kier molecular flexibility index (Phi) is 65.8. The standard InChI is InChI=1S/C7H17N.C7H15N.2C7H13N.C7H12.C6H13N.2C6H11N.C6H10.C5H9N.C4H11N/c4*1-4-5-6-7(2,3)8;1-5-6-7(2,3)4;3*1-4-5-6(2,3)7;1-5-6(2,3)4;1-4-5(2,3)6;1-4(2,3)5/h4-6,8H2,1-3H3;4-5H,6,8H2,1-3H3;2*6,8H2,1-3H3;1-4H3;4-5H,7H2,1-3H3;7H2,1-3H3;1H,5,7H2,2-3H3;1H,2-4H3;1H,6H2,2-3H3;5H2,1-3H3/b;;;;;5-4-;;;;;. The van der Waals surface area contributed by atoms with Crippen molar-refractivity contribution in [3.05, 3.63) is 24.3 Å². The van der Waals surface area contributed by atoms with Crippen molar-refractivity contribution in [1.82, 2.24) is 0 Å². The van der Waals surface area contributed by atoms with Crippen molar-refractivity contribution in [2.45, 2.75) is 316 Å². The lowest BCUT2D eigenvalue weighted by Gasteiger charge is -2.16. The maximum Gasteiger partial charge on any atom is 0.0718 e. The summed E-state index contributed by atoms with van der Waals surface area (Å²) in [5.74, 6) is 30.3. The summed E-state index contributed by atoms with van der Waals surface area (Å²) in [6, 6.07) is 0. The van der Waals surface area contributed by atoms with Gasteiger partial charge in [0.15, 0.2) is 0 Å². The number of unbranched alkanes of at least 4 members (excludes halogenated alkanes) is 1. The number of hydrogen-bond donors (Lipinski definition) is 9. The molecule has 0 bridgehead atoms. The van der Waals surface area contributed by atoms with Crippen LogP contribution in [0.5, 0.6) is 0 Å². The monoisotopic (exact) mass is 1080 g/mol. The Bertz CT molecular complexity index is 1690. The maximum atomic E-state index is 5.72. The van der Waals surface area contributed by atoms with E-state index in [4.69, 9.17) is 70.9 Å². The molecule has 9 nitrogen and oxygen atoms in total. The lowest BCUT2D eigenvalue weighted by Crippen LogP contribution is -2.31. The predicted octanol–water partition coefficient (Wildman–Crippen LogP) is 13.5. The summed E-state index contributed by atoms with van der Waals surface area (Å²) in [6.45, 7) is 62.8. The normalized spacial score (nSPS) is 11.0. The first-order chi connectivity index (χ1) is 33.6. The molecule has 0 aromatic heterocycles. The van der Waals surface area contributed by atoms with Gasteiger partial charge in [-0.2, -0.15) is 0 Å². The zero-order valence-corrected chi connectivity index (χ0v) is 57.2. The molecule has 77 heavy (non-hydrogen) atoms. The molecule has 0 aromatic rings. The molecule has 0 aliphatic heterocycles. The summed E-state index contributed by atoms with van der Waals surface area (Å²) in [6.07, 6.45) is 29.8. The van der Waals surface area contributed by atoms with Crippen LogP contribution >= 0.6 is 0 Å². The van der Waals surface area contributed by atoms with Gasteiger partial charge < -0.3 is 51.6 Å². The van der Waals surface area contributed by atoms with Gasteiger partial charge in [-0.05, 0) is 227 Å². The van der Waals surface area contributed by atoms with Crippen LogP contribution in [0.3, 0.4) is 0 Å². The predicted molar refractivity (Wildman–Crippen MR) is 357 cm³/mol. The van der Waals surface area contributed by atoms with Crippen molar-refractivity contribution < 1.29 is 0 Å². The topological polar surface area (TPSA) is 234 Å². The molecule has 0 aliphatic rings. The third-order valence-corrected chi connectivity index (χ3v) is 6.40. The second kappa shape index (κ2) is 51.5. The number of hydrogen-bond acceptors (Lipinski definition) is 9. The van der Waals surface area contributed by atoms with Crippen molar-refractivity contribution in [1.29, 1.82) is 0 Å². The third kappa shape index (κ3) is 244. The van der Waals surface area contributed by atoms with Crippen LogP contribution in [0.15, 0.2) is 24.3 Å². The molecule has 0 rings (SSSR count). The van der Waals surface area contributed by atoms with Crippen molar-refractivity contribution in [2.75, 3.05) is 0 Å². The Hall–Kier alpha value is -3.96. The minimum Gasteiger partial charge on any atom is -0.326 e. The van der Waals surface area contributed by atoms with Crippen LogP contribution in [-0.2, 0) is 0 Å². The fraction of sp³-hybridized carbons (Fsp3) is 0.735. The zero-order chi connectivity index (χ0) is 65.1. The molecule has 18 N–H and O–H groups in total. The third-order valence-electron chi connectivity index (χ3n) is 6.40. The molecule has 0 saturated heterocycles. The highest BCUT2D eigenvalue weighted by atomic mass is 14.7. The highest BCUT2D eigenvalue weighted by Crippen LogP contribution is 2.10. The Balaban J connectivity index is -0.0000000693. The van der Waals surface area contributed by atoms with Crippen LogP contribution in [0, 0.1) is 95.2 Å². The van der Waals surface area contributed by atoms with E-state index in [9.17, 15) is 0 Å². The van der Waals surface area contributed by atoms with E-state index in [0.717, 1.165) is 25.7 Å². The van der Waals surface area contributed by atoms with Crippen LogP contribution in [0.25, 0.3) is 0 Å². The van der Waals surface area contributed by atoms with Crippen LogP contribution in [0.1, 0.15) is 267 Å². The van der Waals surface area contributed by atoms with Crippen LogP contribution in [0.2, 0.25) is 0 Å². The lowest BCUT2D eigenvalue weighted by atomic mass is 9.98. The van der Waals surface area contributed by atoms with E-state index in [1.807, 2.05) is 177 Å². The van der Waals surface area contributed by atoms with Crippen LogP contribution in [-0.4, -0.2) is 49.9 Å². The van der Waals surface area contributed by atoms with Gasteiger partial charge in [-0.1, -0.05) is 61.8 Å². The highest BCUT2D eigenvalue weighted by molar-refractivity contribution is 5.10. The first kappa shape index (κ1) is 98.5. The van der Waals surface area contributed by atoms with Gasteiger partial charge in [-0.15, -0.1) is 66.6 Å². The molecular formula is C68H135N9. The van der Waals surface area contributed by atoms with Gasteiger partial charge in [0.2, 0.25) is 0 Å². The Labute approximate surface area is 485 Å². The zero-order valence-electron chi connectivity index (χ0n) is 57.2. The summed E-state index contributed by atoms with van der Waals surface area (Å²) in [7, 11) is 0. The molecule has 0 radical (unpaired) electrons. The largest absolute Gasteiger partial charge is 0.326 e. The average Bonchev–Trinajstić information content (AvgIpc) is 3.16. The molecule has 0 saturated carbocycles. The summed E-state index contributed by atoms with van der Waals surface area (Å²) in [4.78, 5) is 0. The number of terminal acetylenes is 3. The molecule has 452 valence electrons. The first-order valence-corrected chi connectivity index (χ1v) is 27.0. The molecule has 9 heteroatoms. The van der Waals surface area contributed by atoms with Crippen molar-refractivity contribution in [3.63, 3.8) is 0 Å². The molecule has 0 aromatic carbocycles. The Morgan fingerprint density at radius 3 is 0.753 bits per heavy atom. The second-order valence-corrected chi connectivity index (χ2v) is 27.1. The van der Waals surface area contributed by atoms with Gasteiger partial charge in [0.25, 0.3) is 0 Å². The molecule has 0 fully saturated rings. The molecule has 0 heterocycles. The number of allylic oxidation sites excluding steroid dienone is 2. The van der Waals surface area contributed by atoms with E-state index in [-0.39, 0.29) is 55.1 Å². The summed E-state index contributed by atoms with van der Waals surface area (Å²) in [5, 5.41) is 0. The first-order valence-electron chi connectivity index (χ1n) is 27.0. The van der Waals surface area contributed by atoms with Crippen molar-refractivity contribution in [2.24, 2.45) is 62.4 Å². The fourth-order valence-corrected chi connectivity index (χ4v) is 3.08. The quantitative estimate of drug-likeness (QED) is 0.0788. The van der Waals surface area contributed by atoms with Gasteiger partial charge in [-0.25, -0.2) is 0 Å². The molecule has 0 spiro atoms. The molecular weight excluding hydrogens is 943 g/mol. The van der Waals surface area contributed by atoms with E-state index < -0.39 is 5.54 Å². The number of nitrogens with two attached hydrogens (primary N) is 9. The Morgan fingerprint density at radius 2 is 0.714 bits per heavy atom. The van der Waals surface area contributed by atoms with E-state index in [1.165, 1.54) is 12.8 Å². The van der Waals surface area contributed by atoms with Crippen LogP contribution in [0.4, 0.5) is 0 Å². The SMILES string of the molecule is C#CC(C)(C)C.C#CC(C)(C)N.C#CCC(C)(C)N.C/C=C\C(C)(C)N.CC#CC(C)(C)C.CC#CC(C)(C)N.CC#CCC(C)(C)N.CC#CCC(C)(C)N.CC(C)(C)N.CC=CCC(C)(C)N.CCCCC(C)(C)N. The average molecular weight is 1080 g/mol.